The van der Waals surface area contributed by atoms with Crippen molar-refractivity contribution in [2.75, 3.05) is 44.2 Å². The van der Waals surface area contributed by atoms with Gasteiger partial charge in [-0.25, -0.2) is 15.0 Å². The van der Waals surface area contributed by atoms with Crippen LogP contribution in [0, 0.1) is 12.8 Å². The second-order valence-electron chi connectivity index (χ2n) is 8.63. The zero-order chi connectivity index (χ0) is 23.5. The van der Waals surface area contributed by atoms with E-state index in [2.05, 4.69) is 24.8 Å². The van der Waals surface area contributed by atoms with E-state index in [0.717, 1.165) is 29.1 Å². The lowest BCUT2D eigenvalue weighted by Gasteiger charge is -2.39. The Morgan fingerprint density at radius 2 is 1.79 bits per heavy atom. The Balaban J connectivity index is 1.22. The van der Waals surface area contributed by atoms with Crippen LogP contribution in [0.25, 0.3) is 10.6 Å². The van der Waals surface area contributed by atoms with E-state index in [1.54, 1.807) is 30.9 Å². The summed E-state index contributed by atoms with van der Waals surface area (Å²) >= 11 is 1.40. The molecule has 5 heterocycles. The van der Waals surface area contributed by atoms with E-state index in [-0.39, 0.29) is 17.7 Å². The van der Waals surface area contributed by atoms with Gasteiger partial charge in [0.1, 0.15) is 9.88 Å². The van der Waals surface area contributed by atoms with Crippen molar-refractivity contribution in [2.24, 2.45) is 5.92 Å². The third-order valence-corrected chi connectivity index (χ3v) is 7.58. The molecule has 0 spiro atoms. The van der Waals surface area contributed by atoms with E-state index in [1.807, 2.05) is 28.9 Å². The molecule has 2 fully saturated rings. The zero-order valence-corrected chi connectivity index (χ0v) is 19.9. The lowest BCUT2D eigenvalue weighted by atomic mass is 9.96. The summed E-state index contributed by atoms with van der Waals surface area (Å²) in [7, 11) is 0. The molecule has 2 amide bonds. The molecule has 1 atom stereocenters. The quantitative estimate of drug-likeness (QED) is 0.570. The topological polar surface area (TPSA) is 95.4 Å². The molecule has 5 rings (SSSR count). The van der Waals surface area contributed by atoms with Crippen LogP contribution in [0.3, 0.4) is 0 Å². The summed E-state index contributed by atoms with van der Waals surface area (Å²) in [4.78, 5) is 50.5. The largest absolute Gasteiger partial charge is 0.339 e. The summed E-state index contributed by atoms with van der Waals surface area (Å²) in [6, 6.07) is 5.60. The molecule has 10 heteroatoms. The van der Waals surface area contributed by atoms with Gasteiger partial charge in [0.05, 0.1) is 11.6 Å². The Morgan fingerprint density at radius 1 is 1.00 bits per heavy atom. The fourth-order valence-electron chi connectivity index (χ4n) is 4.55. The molecule has 2 saturated heterocycles. The molecule has 0 radical (unpaired) electrons. The normalized spacial score (nSPS) is 18.7. The van der Waals surface area contributed by atoms with E-state index in [0.29, 0.717) is 50.1 Å². The van der Waals surface area contributed by atoms with Crippen molar-refractivity contribution in [3.63, 3.8) is 0 Å². The van der Waals surface area contributed by atoms with Gasteiger partial charge >= 0.3 is 0 Å². The average Bonchev–Trinajstić information content (AvgIpc) is 3.30. The molecular formula is C24H27N7O2S. The number of hydrogen-bond acceptors (Lipinski definition) is 8. The lowest BCUT2D eigenvalue weighted by Crippen LogP contribution is -2.53. The van der Waals surface area contributed by atoms with Crippen LogP contribution in [0.1, 0.15) is 28.2 Å². The fourth-order valence-corrected chi connectivity index (χ4v) is 5.58. The van der Waals surface area contributed by atoms with Gasteiger partial charge < -0.3 is 14.7 Å². The summed E-state index contributed by atoms with van der Waals surface area (Å²) in [5, 5.41) is 0.791. The molecule has 2 aliphatic rings. The summed E-state index contributed by atoms with van der Waals surface area (Å²) < 4.78 is 0. The van der Waals surface area contributed by atoms with Crippen LogP contribution >= 0.6 is 11.3 Å². The second kappa shape index (κ2) is 9.84. The van der Waals surface area contributed by atoms with Crippen molar-refractivity contribution in [1.82, 2.24) is 29.7 Å². The molecule has 3 aromatic rings. The molecule has 9 nitrogen and oxygen atoms in total. The molecular weight excluding hydrogens is 450 g/mol. The predicted molar refractivity (Wildman–Crippen MR) is 130 cm³/mol. The maximum Gasteiger partial charge on any atom is 0.265 e. The number of hydrogen-bond donors (Lipinski definition) is 0. The highest BCUT2D eigenvalue weighted by Crippen LogP contribution is 2.30. The van der Waals surface area contributed by atoms with Crippen LogP contribution in [-0.2, 0) is 4.79 Å². The Labute approximate surface area is 202 Å². The Kier molecular flexibility index (Phi) is 6.48. The number of anilines is 1. The lowest BCUT2D eigenvalue weighted by molar-refractivity contribution is -0.137. The Hall–Kier alpha value is -3.40. The van der Waals surface area contributed by atoms with Crippen molar-refractivity contribution >= 4 is 29.1 Å². The van der Waals surface area contributed by atoms with Gasteiger partial charge in [-0.3, -0.25) is 14.6 Å². The van der Waals surface area contributed by atoms with Crippen molar-refractivity contribution in [1.29, 1.82) is 0 Å². The van der Waals surface area contributed by atoms with Crippen LogP contribution < -0.4 is 4.90 Å². The van der Waals surface area contributed by atoms with Crippen molar-refractivity contribution in [3.05, 3.63) is 53.6 Å². The zero-order valence-electron chi connectivity index (χ0n) is 19.1. The number of thiazole rings is 1. The number of carbonyl (C=O) groups excluding carboxylic acids is 2. The summed E-state index contributed by atoms with van der Waals surface area (Å²) in [5.74, 6) is 0.648. The first-order valence-corrected chi connectivity index (χ1v) is 12.4. The summed E-state index contributed by atoms with van der Waals surface area (Å²) in [6.45, 7) is 5.70. The van der Waals surface area contributed by atoms with Gasteiger partial charge in [-0.15, -0.1) is 11.3 Å². The highest BCUT2D eigenvalue weighted by molar-refractivity contribution is 7.17. The van der Waals surface area contributed by atoms with E-state index < -0.39 is 0 Å². The molecule has 0 aromatic carbocycles. The van der Waals surface area contributed by atoms with Crippen LogP contribution in [0.5, 0.6) is 0 Å². The number of amides is 2. The van der Waals surface area contributed by atoms with Gasteiger partial charge in [-0.1, -0.05) is 0 Å². The van der Waals surface area contributed by atoms with Crippen molar-refractivity contribution in [3.8, 4) is 10.6 Å². The minimum absolute atomic E-state index is 0.0336. The number of piperazine rings is 1. The second-order valence-corrected chi connectivity index (χ2v) is 9.63. The average molecular weight is 478 g/mol. The van der Waals surface area contributed by atoms with Crippen LogP contribution in [0.4, 0.5) is 5.95 Å². The maximum atomic E-state index is 13.3. The van der Waals surface area contributed by atoms with E-state index in [4.69, 9.17) is 0 Å². The maximum absolute atomic E-state index is 13.3. The van der Waals surface area contributed by atoms with Crippen molar-refractivity contribution < 1.29 is 9.59 Å². The van der Waals surface area contributed by atoms with Crippen LogP contribution in [0.2, 0.25) is 0 Å². The van der Waals surface area contributed by atoms with Gasteiger partial charge in [-0.2, -0.15) is 0 Å². The van der Waals surface area contributed by atoms with E-state index in [9.17, 15) is 9.59 Å². The third kappa shape index (κ3) is 4.63. The number of piperidine rings is 1. The van der Waals surface area contributed by atoms with Crippen LogP contribution in [-0.4, -0.2) is 80.8 Å². The number of aryl methyl sites for hydroxylation is 1. The number of aromatic nitrogens is 4. The molecule has 2 aliphatic heterocycles. The number of likely N-dealkylation sites (tertiary alicyclic amines) is 1. The molecule has 0 bridgehead atoms. The van der Waals surface area contributed by atoms with Gasteiger partial charge in [0.25, 0.3) is 5.91 Å². The number of nitrogens with zero attached hydrogens (tertiary/aromatic N) is 7. The smallest absolute Gasteiger partial charge is 0.265 e. The van der Waals surface area contributed by atoms with Gasteiger partial charge in [0.15, 0.2) is 0 Å². The van der Waals surface area contributed by atoms with Gasteiger partial charge in [-0.05, 0) is 38.0 Å². The molecule has 0 saturated carbocycles. The first-order chi connectivity index (χ1) is 16.6. The molecule has 0 aliphatic carbocycles. The summed E-state index contributed by atoms with van der Waals surface area (Å²) in [5.41, 5.74) is 1.63. The van der Waals surface area contributed by atoms with E-state index >= 15 is 0 Å². The molecule has 1 unspecified atom stereocenters. The number of pyridine rings is 1. The highest BCUT2D eigenvalue weighted by atomic mass is 32.1. The number of rotatable bonds is 4. The Bertz CT molecular complexity index is 1150. The molecule has 0 N–H and O–H groups in total. The van der Waals surface area contributed by atoms with Crippen LogP contribution in [0.15, 0.2) is 43.0 Å². The fraction of sp³-hybridized carbons (Fsp3) is 0.417. The third-order valence-electron chi connectivity index (χ3n) is 6.38. The first kappa shape index (κ1) is 22.4. The SMILES string of the molecule is Cc1nc(-c2cccnc2)sc1C(=O)N1CCCC(C(=O)N2CCN(c3ncccn3)CC2)C1. The minimum Gasteiger partial charge on any atom is -0.339 e. The molecule has 34 heavy (non-hydrogen) atoms. The standard InChI is InChI=1S/C24H27N7O2S/c1-17-20(34-21(28-17)18-5-2-7-25-15-18)23(33)31-10-3-6-19(16-31)22(32)29-11-13-30(14-12-29)24-26-8-4-9-27-24/h2,4-5,7-9,15,19H,3,6,10-14,16H2,1H3. The minimum atomic E-state index is -0.164. The molecule has 176 valence electrons. The molecule has 3 aromatic heterocycles. The predicted octanol–water partition coefficient (Wildman–Crippen LogP) is 2.50. The monoisotopic (exact) mass is 477 g/mol. The van der Waals surface area contributed by atoms with Gasteiger partial charge in [0, 0.05) is 69.6 Å². The number of carbonyl (C=O) groups is 2. The van der Waals surface area contributed by atoms with E-state index in [1.165, 1.54) is 11.3 Å². The highest BCUT2D eigenvalue weighted by Gasteiger charge is 2.34. The van der Waals surface area contributed by atoms with Gasteiger partial charge in [0.2, 0.25) is 11.9 Å². The Morgan fingerprint density at radius 3 is 2.53 bits per heavy atom. The first-order valence-electron chi connectivity index (χ1n) is 11.6. The summed E-state index contributed by atoms with van der Waals surface area (Å²) in [6.07, 6.45) is 8.58. The van der Waals surface area contributed by atoms with Crippen molar-refractivity contribution in [2.45, 2.75) is 19.8 Å².